The molecule has 2 rings (SSSR count). The van der Waals surface area contributed by atoms with E-state index >= 15 is 0 Å². The summed E-state index contributed by atoms with van der Waals surface area (Å²) in [5.74, 6) is 0.120. The second kappa shape index (κ2) is 5.01. The van der Waals surface area contributed by atoms with Crippen LogP contribution in [0.5, 0.6) is 5.75 Å². The van der Waals surface area contributed by atoms with E-state index in [1.807, 2.05) is 12.2 Å². The maximum atomic E-state index is 11.8. The Balaban J connectivity index is 1.84. The van der Waals surface area contributed by atoms with Crippen LogP contribution in [0.1, 0.15) is 12.0 Å². The van der Waals surface area contributed by atoms with Crippen LogP contribution in [0.4, 0.5) is 0 Å². The molecule has 1 aromatic rings. The van der Waals surface area contributed by atoms with Crippen LogP contribution >= 0.6 is 0 Å². The Labute approximate surface area is 100 Å². The van der Waals surface area contributed by atoms with Gasteiger partial charge in [-0.05, 0) is 24.1 Å². The van der Waals surface area contributed by atoms with Crippen molar-refractivity contribution >= 4 is 5.91 Å². The normalized spacial score (nSPS) is 22.6. The second-order valence-corrected chi connectivity index (χ2v) is 4.28. The van der Waals surface area contributed by atoms with Crippen molar-refractivity contribution in [2.75, 3.05) is 0 Å². The van der Waals surface area contributed by atoms with E-state index in [1.54, 1.807) is 24.3 Å². The van der Waals surface area contributed by atoms with Crippen LogP contribution in [-0.4, -0.2) is 17.1 Å². The van der Waals surface area contributed by atoms with Crippen molar-refractivity contribution in [3.05, 3.63) is 42.0 Å². The van der Waals surface area contributed by atoms with E-state index in [2.05, 4.69) is 5.32 Å². The average Bonchev–Trinajstić information content (AvgIpc) is 2.75. The van der Waals surface area contributed by atoms with Gasteiger partial charge in [-0.3, -0.25) is 4.79 Å². The number of carbonyl (C=O) groups is 1. The molecule has 0 saturated heterocycles. The Morgan fingerprint density at radius 2 is 2.06 bits per heavy atom. The zero-order valence-electron chi connectivity index (χ0n) is 9.47. The molecule has 0 fully saturated rings. The van der Waals surface area contributed by atoms with Gasteiger partial charge in [-0.1, -0.05) is 24.3 Å². The quantitative estimate of drug-likeness (QED) is 0.678. The third-order valence-electron chi connectivity index (χ3n) is 2.86. The van der Waals surface area contributed by atoms with Crippen molar-refractivity contribution < 1.29 is 9.90 Å². The number of aromatic hydroxyl groups is 1. The number of phenolic OH excluding ortho intramolecular Hbond substituents is 1. The Kier molecular flexibility index (Phi) is 3.44. The largest absolute Gasteiger partial charge is 0.508 e. The highest BCUT2D eigenvalue weighted by Crippen LogP contribution is 2.16. The molecule has 4 heteroatoms. The number of nitrogens with two attached hydrogens (primary N) is 1. The molecule has 1 aliphatic rings. The Morgan fingerprint density at radius 1 is 1.35 bits per heavy atom. The number of benzene rings is 1. The van der Waals surface area contributed by atoms with Gasteiger partial charge < -0.3 is 16.2 Å². The molecule has 0 heterocycles. The fraction of sp³-hybridized carbons (Fsp3) is 0.308. The summed E-state index contributed by atoms with van der Waals surface area (Å²) in [5.41, 5.74) is 6.65. The van der Waals surface area contributed by atoms with Crippen molar-refractivity contribution in [1.29, 1.82) is 0 Å². The predicted molar refractivity (Wildman–Crippen MR) is 65.2 cm³/mol. The number of hydrogen-bond donors (Lipinski definition) is 3. The first kappa shape index (κ1) is 11.7. The Hall–Kier alpha value is -1.81. The van der Waals surface area contributed by atoms with Gasteiger partial charge in [-0.2, -0.15) is 0 Å². The summed E-state index contributed by atoms with van der Waals surface area (Å²) in [6.45, 7) is 0.471. The first-order valence-electron chi connectivity index (χ1n) is 5.64. The van der Waals surface area contributed by atoms with Gasteiger partial charge in [-0.15, -0.1) is 0 Å². The molecular weight excluding hydrogens is 216 g/mol. The molecule has 0 spiro atoms. The second-order valence-electron chi connectivity index (χ2n) is 4.28. The highest BCUT2D eigenvalue weighted by atomic mass is 16.3. The molecule has 0 radical (unpaired) electrons. The average molecular weight is 232 g/mol. The lowest BCUT2D eigenvalue weighted by Crippen LogP contribution is -2.30. The minimum Gasteiger partial charge on any atom is -0.508 e. The van der Waals surface area contributed by atoms with Crippen LogP contribution in [0.25, 0.3) is 0 Å². The van der Waals surface area contributed by atoms with Gasteiger partial charge in [0, 0.05) is 12.6 Å². The molecule has 0 saturated carbocycles. The molecule has 17 heavy (non-hydrogen) atoms. The van der Waals surface area contributed by atoms with Crippen molar-refractivity contribution in [1.82, 2.24) is 5.32 Å². The lowest BCUT2D eigenvalue weighted by atomic mass is 10.1. The minimum absolute atomic E-state index is 0.000535. The number of hydrogen-bond acceptors (Lipinski definition) is 3. The first-order valence-corrected chi connectivity index (χ1v) is 5.64. The molecule has 2 unspecified atom stereocenters. The standard InChI is InChI=1S/C13H16N2O2/c14-11-4-3-10(7-11)13(17)15-8-9-1-5-12(16)6-2-9/h1-6,10-11,16H,7-8,14H2,(H,15,17). The van der Waals surface area contributed by atoms with Gasteiger partial charge in [0.05, 0.1) is 5.92 Å². The van der Waals surface area contributed by atoms with E-state index in [-0.39, 0.29) is 23.6 Å². The van der Waals surface area contributed by atoms with Gasteiger partial charge in [-0.25, -0.2) is 0 Å². The molecule has 1 aromatic carbocycles. The monoisotopic (exact) mass is 232 g/mol. The number of carbonyl (C=O) groups excluding carboxylic acids is 1. The summed E-state index contributed by atoms with van der Waals surface area (Å²) in [6.07, 6.45) is 4.41. The van der Waals surface area contributed by atoms with Gasteiger partial charge in [0.2, 0.25) is 5.91 Å². The van der Waals surface area contributed by atoms with Crippen molar-refractivity contribution in [3.8, 4) is 5.75 Å². The van der Waals surface area contributed by atoms with E-state index in [0.717, 1.165) is 5.56 Å². The fourth-order valence-corrected chi connectivity index (χ4v) is 1.86. The van der Waals surface area contributed by atoms with Crippen LogP contribution in [0.15, 0.2) is 36.4 Å². The molecule has 1 aliphatic carbocycles. The van der Waals surface area contributed by atoms with E-state index in [9.17, 15) is 4.79 Å². The van der Waals surface area contributed by atoms with Gasteiger partial charge >= 0.3 is 0 Å². The van der Waals surface area contributed by atoms with E-state index < -0.39 is 0 Å². The van der Waals surface area contributed by atoms with Crippen LogP contribution in [0.2, 0.25) is 0 Å². The Bertz CT molecular complexity index is 426. The highest BCUT2D eigenvalue weighted by molar-refractivity contribution is 5.81. The van der Waals surface area contributed by atoms with E-state index in [0.29, 0.717) is 13.0 Å². The number of amides is 1. The fourth-order valence-electron chi connectivity index (χ4n) is 1.86. The SMILES string of the molecule is NC1C=CC(C(=O)NCc2ccc(O)cc2)C1. The van der Waals surface area contributed by atoms with E-state index in [4.69, 9.17) is 10.8 Å². The summed E-state index contributed by atoms with van der Waals surface area (Å²) >= 11 is 0. The number of rotatable bonds is 3. The lowest BCUT2D eigenvalue weighted by molar-refractivity contribution is -0.123. The van der Waals surface area contributed by atoms with Crippen LogP contribution in [0.3, 0.4) is 0 Å². The summed E-state index contributed by atoms with van der Waals surface area (Å²) in [7, 11) is 0. The molecule has 90 valence electrons. The maximum absolute atomic E-state index is 11.8. The third kappa shape index (κ3) is 3.07. The molecule has 1 amide bonds. The molecule has 0 aromatic heterocycles. The van der Waals surface area contributed by atoms with E-state index in [1.165, 1.54) is 0 Å². The minimum atomic E-state index is -0.109. The molecule has 0 aliphatic heterocycles. The summed E-state index contributed by atoms with van der Waals surface area (Å²) in [6, 6.07) is 6.77. The zero-order valence-corrected chi connectivity index (χ0v) is 9.47. The molecular formula is C13H16N2O2. The molecule has 0 bridgehead atoms. The van der Waals surface area contributed by atoms with Crippen LogP contribution < -0.4 is 11.1 Å². The van der Waals surface area contributed by atoms with Crippen molar-refractivity contribution in [2.24, 2.45) is 11.7 Å². The summed E-state index contributed by atoms with van der Waals surface area (Å²) in [4.78, 5) is 11.8. The number of nitrogens with one attached hydrogen (secondary N) is 1. The lowest BCUT2D eigenvalue weighted by Gasteiger charge is -2.10. The molecule has 4 N–H and O–H groups in total. The van der Waals surface area contributed by atoms with Crippen molar-refractivity contribution in [2.45, 2.75) is 19.0 Å². The summed E-state index contributed by atoms with van der Waals surface area (Å²) < 4.78 is 0. The Morgan fingerprint density at radius 3 is 2.65 bits per heavy atom. The predicted octanol–water partition coefficient (Wildman–Crippen LogP) is 0.912. The van der Waals surface area contributed by atoms with Gasteiger partial charge in [0.1, 0.15) is 5.75 Å². The highest BCUT2D eigenvalue weighted by Gasteiger charge is 2.22. The van der Waals surface area contributed by atoms with Crippen molar-refractivity contribution in [3.63, 3.8) is 0 Å². The first-order chi connectivity index (χ1) is 8.15. The smallest absolute Gasteiger partial charge is 0.227 e. The van der Waals surface area contributed by atoms with Crippen LogP contribution in [0, 0.1) is 5.92 Å². The van der Waals surface area contributed by atoms with Gasteiger partial charge in [0.15, 0.2) is 0 Å². The van der Waals surface area contributed by atoms with Gasteiger partial charge in [0.25, 0.3) is 0 Å². The number of phenols is 1. The molecule has 4 nitrogen and oxygen atoms in total. The zero-order chi connectivity index (χ0) is 12.3. The third-order valence-corrected chi connectivity index (χ3v) is 2.86. The van der Waals surface area contributed by atoms with Crippen LogP contribution in [-0.2, 0) is 11.3 Å². The molecule has 2 atom stereocenters. The summed E-state index contributed by atoms with van der Waals surface area (Å²) in [5, 5.41) is 12.0. The maximum Gasteiger partial charge on any atom is 0.227 e. The topological polar surface area (TPSA) is 75.4 Å².